The lowest BCUT2D eigenvalue weighted by molar-refractivity contribution is -0.121. The summed E-state index contributed by atoms with van der Waals surface area (Å²) in [7, 11) is 3.78. The van der Waals surface area contributed by atoms with Crippen molar-refractivity contribution in [2.75, 3.05) is 40.3 Å². The van der Waals surface area contributed by atoms with Gasteiger partial charge in [-0.25, -0.2) is 0 Å². The van der Waals surface area contributed by atoms with Crippen molar-refractivity contribution in [1.82, 2.24) is 15.1 Å². The smallest absolute Gasteiger partial charge is 0.221 e. The maximum Gasteiger partial charge on any atom is 0.221 e. The van der Waals surface area contributed by atoms with Crippen LogP contribution in [-0.2, 0) is 4.79 Å². The molecular formula is C13H28N4O. The van der Waals surface area contributed by atoms with Crippen LogP contribution < -0.4 is 11.1 Å². The average Bonchev–Trinajstić information content (AvgIpc) is 2.43. The Morgan fingerprint density at radius 1 is 1.50 bits per heavy atom. The summed E-state index contributed by atoms with van der Waals surface area (Å²) in [5.41, 5.74) is 5.80. The van der Waals surface area contributed by atoms with Gasteiger partial charge in [0.15, 0.2) is 0 Å². The third kappa shape index (κ3) is 4.23. The van der Waals surface area contributed by atoms with Crippen LogP contribution in [0.4, 0.5) is 0 Å². The van der Waals surface area contributed by atoms with Gasteiger partial charge in [0, 0.05) is 32.1 Å². The maximum absolute atomic E-state index is 11.5. The molecule has 1 rings (SSSR count). The molecule has 1 atom stereocenters. The van der Waals surface area contributed by atoms with Gasteiger partial charge in [-0.05, 0) is 39.5 Å². The van der Waals surface area contributed by atoms with E-state index >= 15 is 0 Å². The molecule has 0 aliphatic carbocycles. The summed E-state index contributed by atoms with van der Waals surface area (Å²) in [5, 5.41) is 2.67. The Hall–Kier alpha value is -0.650. The van der Waals surface area contributed by atoms with Gasteiger partial charge in [-0.2, -0.15) is 0 Å². The summed E-state index contributed by atoms with van der Waals surface area (Å²) in [6.45, 7) is 6.19. The number of likely N-dealkylation sites (tertiary alicyclic amines) is 1. The van der Waals surface area contributed by atoms with E-state index < -0.39 is 0 Å². The van der Waals surface area contributed by atoms with E-state index in [0.29, 0.717) is 19.0 Å². The molecule has 1 fully saturated rings. The molecule has 5 nitrogen and oxygen atoms in total. The first-order valence-electron chi connectivity index (χ1n) is 6.97. The van der Waals surface area contributed by atoms with Crippen LogP contribution in [-0.4, -0.2) is 68.1 Å². The van der Waals surface area contributed by atoms with Gasteiger partial charge < -0.3 is 16.0 Å². The van der Waals surface area contributed by atoms with E-state index in [-0.39, 0.29) is 11.9 Å². The number of piperidine rings is 1. The topological polar surface area (TPSA) is 61.6 Å². The molecule has 1 aliphatic heterocycles. The number of amides is 1. The zero-order chi connectivity index (χ0) is 13.5. The lowest BCUT2D eigenvalue weighted by Crippen LogP contribution is -2.50. The quantitative estimate of drug-likeness (QED) is 0.695. The van der Waals surface area contributed by atoms with Crippen LogP contribution in [0.1, 0.15) is 26.2 Å². The van der Waals surface area contributed by atoms with Crippen LogP contribution in [0.25, 0.3) is 0 Å². The van der Waals surface area contributed by atoms with Gasteiger partial charge in [0.1, 0.15) is 0 Å². The number of nitrogens with one attached hydrogen (secondary N) is 1. The molecule has 0 spiro atoms. The van der Waals surface area contributed by atoms with Crippen molar-refractivity contribution in [3.8, 4) is 0 Å². The number of carbonyl (C=O) groups excluding carboxylic acids is 1. The number of likely N-dealkylation sites (N-methyl/N-ethyl adjacent to an activating group) is 1. The van der Waals surface area contributed by atoms with E-state index in [1.54, 1.807) is 7.05 Å². The second-order valence-corrected chi connectivity index (χ2v) is 5.10. The lowest BCUT2D eigenvalue weighted by atomic mass is 10.0. The van der Waals surface area contributed by atoms with Gasteiger partial charge in [0.05, 0.1) is 0 Å². The van der Waals surface area contributed by atoms with E-state index in [4.69, 9.17) is 5.73 Å². The first kappa shape index (κ1) is 15.4. The molecule has 1 saturated heterocycles. The fraction of sp³-hybridized carbons (Fsp3) is 0.923. The third-order valence-electron chi connectivity index (χ3n) is 4.13. The van der Waals surface area contributed by atoms with Crippen LogP contribution in [0.2, 0.25) is 0 Å². The monoisotopic (exact) mass is 256 g/mol. The number of nitrogens with two attached hydrogens (primary N) is 1. The highest BCUT2D eigenvalue weighted by molar-refractivity contribution is 5.76. The van der Waals surface area contributed by atoms with Crippen LogP contribution in [0.5, 0.6) is 0 Å². The van der Waals surface area contributed by atoms with Gasteiger partial charge in [-0.1, -0.05) is 6.92 Å². The van der Waals surface area contributed by atoms with E-state index in [2.05, 4.69) is 29.1 Å². The predicted molar refractivity (Wildman–Crippen MR) is 74.4 cm³/mol. The van der Waals surface area contributed by atoms with Crippen LogP contribution >= 0.6 is 0 Å². The van der Waals surface area contributed by atoms with Crippen LogP contribution in [0, 0.1) is 0 Å². The minimum absolute atomic E-state index is 0.0725. The molecule has 18 heavy (non-hydrogen) atoms. The molecular weight excluding hydrogens is 228 g/mol. The molecule has 1 unspecified atom stereocenters. The summed E-state index contributed by atoms with van der Waals surface area (Å²) in [4.78, 5) is 16.2. The first-order valence-corrected chi connectivity index (χ1v) is 6.97. The van der Waals surface area contributed by atoms with Gasteiger partial charge >= 0.3 is 0 Å². The molecule has 0 aromatic carbocycles. The summed E-state index contributed by atoms with van der Waals surface area (Å²) in [6, 6.07) is 0.717. The molecule has 3 N–H and O–H groups in total. The van der Waals surface area contributed by atoms with E-state index in [1.165, 1.54) is 12.8 Å². The second-order valence-electron chi connectivity index (χ2n) is 5.10. The molecule has 1 aliphatic rings. The van der Waals surface area contributed by atoms with E-state index in [1.807, 2.05) is 0 Å². The van der Waals surface area contributed by atoms with E-state index in [9.17, 15) is 4.79 Å². The van der Waals surface area contributed by atoms with E-state index in [0.717, 1.165) is 19.6 Å². The minimum atomic E-state index is 0.0725. The summed E-state index contributed by atoms with van der Waals surface area (Å²) < 4.78 is 0. The van der Waals surface area contributed by atoms with Crippen molar-refractivity contribution >= 4 is 5.91 Å². The standard InChI is InChI=1S/C13H28N4O/c1-4-17-7-5-11(6-8-17)16(3)12(10-14)9-13(18)15-2/h11-12H,4-10,14H2,1-3H3,(H,15,18). The van der Waals surface area contributed by atoms with Gasteiger partial charge in [0.25, 0.3) is 0 Å². The number of rotatable bonds is 6. The predicted octanol–water partition coefficient (Wildman–Crippen LogP) is -0.134. The van der Waals surface area contributed by atoms with Crippen molar-refractivity contribution in [2.45, 2.75) is 38.3 Å². The normalized spacial score (nSPS) is 20.1. The zero-order valence-corrected chi connectivity index (χ0v) is 12.0. The van der Waals surface area contributed by atoms with Crippen molar-refractivity contribution in [2.24, 2.45) is 5.73 Å². The Kier molecular flexibility index (Phi) is 6.60. The summed E-state index contributed by atoms with van der Waals surface area (Å²) >= 11 is 0. The summed E-state index contributed by atoms with van der Waals surface area (Å²) in [6.07, 6.45) is 2.85. The molecule has 0 bridgehead atoms. The molecule has 0 radical (unpaired) electrons. The highest BCUT2D eigenvalue weighted by atomic mass is 16.1. The molecule has 106 valence electrons. The van der Waals surface area contributed by atoms with Crippen molar-refractivity contribution in [3.63, 3.8) is 0 Å². The lowest BCUT2D eigenvalue weighted by Gasteiger charge is -2.39. The van der Waals surface area contributed by atoms with Gasteiger partial charge in [-0.3, -0.25) is 9.69 Å². The Labute approximate surface area is 111 Å². The zero-order valence-electron chi connectivity index (χ0n) is 12.0. The molecule has 1 heterocycles. The Balaban J connectivity index is 2.46. The fourth-order valence-corrected chi connectivity index (χ4v) is 2.65. The minimum Gasteiger partial charge on any atom is -0.359 e. The Morgan fingerprint density at radius 2 is 2.11 bits per heavy atom. The third-order valence-corrected chi connectivity index (χ3v) is 4.13. The summed E-state index contributed by atoms with van der Waals surface area (Å²) in [5.74, 6) is 0.0725. The molecule has 0 aromatic heterocycles. The molecule has 5 heteroatoms. The fourth-order valence-electron chi connectivity index (χ4n) is 2.65. The molecule has 1 amide bonds. The number of hydrogen-bond donors (Lipinski definition) is 2. The number of hydrogen-bond acceptors (Lipinski definition) is 4. The van der Waals surface area contributed by atoms with Crippen LogP contribution in [0.15, 0.2) is 0 Å². The van der Waals surface area contributed by atoms with Gasteiger partial charge in [-0.15, -0.1) is 0 Å². The number of nitrogens with zero attached hydrogens (tertiary/aromatic N) is 2. The largest absolute Gasteiger partial charge is 0.359 e. The number of carbonyl (C=O) groups is 1. The molecule has 0 aromatic rings. The Bertz CT molecular complexity index is 251. The van der Waals surface area contributed by atoms with Crippen molar-refractivity contribution in [3.05, 3.63) is 0 Å². The first-order chi connectivity index (χ1) is 8.62. The second kappa shape index (κ2) is 7.71. The maximum atomic E-state index is 11.5. The van der Waals surface area contributed by atoms with Crippen molar-refractivity contribution in [1.29, 1.82) is 0 Å². The van der Waals surface area contributed by atoms with Crippen molar-refractivity contribution < 1.29 is 4.79 Å². The average molecular weight is 256 g/mol. The highest BCUT2D eigenvalue weighted by Gasteiger charge is 2.26. The SMILES string of the molecule is CCN1CCC(N(C)C(CN)CC(=O)NC)CC1. The molecule has 0 saturated carbocycles. The van der Waals surface area contributed by atoms with Crippen LogP contribution in [0.3, 0.4) is 0 Å². The highest BCUT2D eigenvalue weighted by Crippen LogP contribution is 2.18. The van der Waals surface area contributed by atoms with Gasteiger partial charge in [0.2, 0.25) is 5.91 Å². The Morgan fingerprint density at radius 3 is 2.56 bits per heavy atom.